The molecule has 2 N–H and O–H groups in total. The van der Waals surface area contributed by atoms with Gasteiger partial charge in [-0.05, 0) is 31.0 Å². The lowest BCUT2D eigenvalue weighted by Crippen LogP contribution is -2.33. The lowest BCUT2D eigenvalue weighted by molar-refractivity contribution is 0.0692. The number of benzene rings is 2. The van der Waals surface area contributed by atoms with Crippen molar-refractivity contribution in [1.82, 2.24) is 0 Å². The number of carboxylic acid groups (broad SMARTS) is 1. The number of carbonyl (C=O) groups excluding carboxylic acids is 1. The van der Waals surface area contributed by atoms with E-state index in [1.54, 1.807) is 24.3 Å². The van der Waals surface area contributed by atoms with Crippen LogP contribution in [0.2, 0.25) is 0 Å². The van der Waals surface area contributed by atoms with E-state index < -0.39 is 11.8 Å². The summed E-state index contributed by atoms with van der Waals surface area (Å²) in [6.45, 7) is 0. The van der Waals surface area contributed by atoms with E-state index in [1.807, 2.05) is 13.1 Å². The van der Waals surface area contributed by atoms with E-state index in [2.05, 4.69) is 4.90 Å². The van der Waals surface area contributed by atoms with Crippen LogP contribution in [0, 0.1) is 0 Å². The Labute approximate surface area is 152 Å². The van der Waals surface area contributed by atoms with E-state index >= 15 is 0 Å². The fourth-order valence-corrected chi connectivity index (χ4v) is 3.62. The SMILES string of the molecule is CN(c1ccc(C(=O)c2ccccc2C(=O)O)c(O)c1)C1CCCCC1. The lowest BCUT2D eigenvalue weighted by Gasteiger charge is -2.33. The van der Waals surface area contributed by atoms with Gasteiger partial charge in [-0.15, -0.1) is 0 Å². The number of aromatic carboxylic acids is 1. The highest BCUT2D eigenvalue weighted by Gasteiger charge is 2.22. The molecule has 0 bridgehead atoms. The van der Waals surface area contributed by atoms with E-state index in [9.17, 15) is 19.8 Å². The van der Waals surface area contributed by atoms with Gasteiger partial charge in [-0.1, -0.05) is 37.5 Å². The number of anilines is 1. The topological polar surface area (TPSA) is 77.8 Å². The number of rotatable bonds is 5. The van der Waals surface area contributed by atoms with Crippen molar-refractivity contribution in [2.24, 2.45) is 0 Å². The molecular weight excluding hydrogens is 330 g/mol. The molecule has 2 aromatic rings. The monoisotopic (exact) mass is 353 g/mol. The molecule has 0 unspecified atom stereocenters. The molecule has 0 saturated heterocycles. The third-order valence-corrected chi connectivity index (χ3v) is 5.16. The number of phenols is 1. The van der Waals surface area contributed by atoms with Crippen LogP contribution in [-0.4, -0.2) is 35.1 Å². The number of phenolic OH excluding ortho intramolecular Hbond substituents is 1. The summed E-state index contributed by atoms with van der Waals surface area (Å²) in [6, 6.07) is 11.5. The third kappa shape index (κ3) is 3.57. The highest BCUT2D eigenvalue weighted by Crippen LogP contribution is 2.31. The zero-order chi connectivity index (χ0) is 18.7. The molecule has 3 rings (SSSR count). The van der Waals surface area contributed by atoms with E-state index in [1.165, 1.54) is 31.4 Å². The summed E-state index contributed by atoms with van der Waals surface area (Å²) in [6.07, 6.45) is 5.95. The van der Waals surface area contributed by atoms with Gasteiger partial charge in [0.15, 0.2) is 5.78 Å². The number of hydrogen-bond donors (Lipinski definition) is 2. The van der Waals surface area contributed by atoms with Gasteiger partial charge in [0.1, 0.15) is 5.75 Å². The summed E-state index contributed by atoms with van der Waals surface area (Å²) in [7, 11) is 2.01. The molecule has 1 aliphatic rings. The van der Waals surface area contributed by atoms with Gasteiger partial charge in [0.25, 0.3) is 0 Å². The van der Waals surface area contributed by atoms with Gasteiger partial charge >= 0.3 is 5.97 Å². The molecule has 0 radical (unpaired) electrons. The van der Waals surface area contributed by atoms with Crippen LogP contribution in [0.5, 0.6) is 5.75 Å². The van der Waals surface area contributed by atoms with Gasteiger partial charge in [0, 0.05) is 30.4 Å². The minimum Gasteiger partial charge on any atom is -0.507 e. The number of hydrogen-bond acceptors (Lipinski definition) is 4. The van der Waals surface area contributed by atoms with Crippen molar-refractivity contribution in [2.45, 2.75) is 38.1 Å². The zero-order valence-electron chi connectivity index (χ0n) is 14.8. The highest BCUT2D eigenvalue weighted by atomic mass is 16.4. The maximum Gasteiger partial charge on any atom is 0.336 e. The quantitative estimate of drug-likeness (QED) is 0.792. The van der Waals surface area contributed by atoms with E-state index in [-0.39, 0.29) is 22.4 Å². The van der Waals surface area contributed by atoms with Crippen LogP contribution in [0.15, 0.2) is 42.5 Å². The van der Waals surface area contributed by atoms with Crippen LogP contribution in [0.3, 0.4) is 0 Å². The largest absolute Gasteiger partial charge is 0.507 e. The Hall–Kier alpha value is -2.82. The second-order valence-corrected chi connectivity index (χ2v) is 6.78. The summed E-state index contributed by atoms with van der Waals surface area (Å²) in [5.74, 6) is -1.79. The van der Waals surface area contributed by atoms with Crippen LogP contribution >= 0.6 is 0 Å². The third-order valence-electron chi connectivity index (χ3n) is 5.16. The van der Waals surface area contributed by atoms with Crippen LogP contribution in [0.1, 0.15) is 58.4 Å². The molecular formula is C21H23NO4. The highest BCUT2D eigenvalue weighted by molar-refractivity contribution is 6.15. The fourth-order valence-electron chi connectivity index (χ4n) is 3.62. The first kappa shape index (κ1) is 18.0. The molecule has 5 heteroatoms. The van der Waals surface area contributed by atoms with Gasteiger partial charge in [0.2, 0.25) is 0 Å². The maximum atomic E-state index is 12.7. The second-order valence-electron chi connectivity index (χ2n) is 6.78. The van der Waals surface area contributed by atoms with Gasteiger partial charge in [-0.25, -0.2) is 4.79 Å². The first-order valence-corrected chi connectivity index (χ1v) is 8.92. The minimum atomic E-state index is -1.16. The van der Waals surface area contributed by atoms with E-state index in [4.69, 9.17) is 0 Å². The standard InChI is InChI=1S/C21H23NO4/c1-22(14-7-3-2-4-8-14)15-11-12-18(19(23)13-15)20(24)16-9-5-6-10-17(16)21(25)26/h5-6,9-14,23H,2-4,7-8H2,1H3,(H,25,26). The van der Waals surface area contributed by atoms with Crippen molar-refractivity contribution >= 4 is 17.4 Å². The molecule has 0 atom stereocenters. The summed E-state index contributed by atoms with van der Waals surface area (Å²) in [5.41, 5.74) is 0.973. The van der Waals surface area contributed by atoms with Crippen LogP contribution in [0.25, 0.3) is 0 Å². The normalized spacial score (nSPS) is 14.8. The molecule has 26 heavy (non-hydrogen) atoms. The number of ketones is 1. The molecule has 0 heterocycles. The van der Waals surface area contributed by atoms with Crippen LogP contribution in [0.4, 0.5) is 5.69 Å². The van der Waals surface area contributed by atoms with Crippen molar-refractivity contribution in [3.63, 3.8) is 0 Å². The maximum absolute atomic E-state index is 12.7. The first-order valence-electron chi connectivity index (χ1n) is 8.92. The molecule has 2 aromatic carbocycles. The summed E-state index contributed by atoms with van der Waals surface area (Å²) in [5, 5.41) is 19.7. The number of carboxylic acids is 1. The average Bonchev–Trinajstić information content (AvgIpc) is 2.67. The Morgan fingerprint density at radius 1 is 0.962 bits per heavy atom. The van der Waals surface area contributed by atoms with Crippen LogP contribution in [-0.2, 0) is 0 Å². The average molecular weight is 353 g/mol. The Kier molecular flexibility index (Phi) is 5.26. The lowest BCUT2D eigenvalue weighted by atomic mass is 9.93. The van der Waals surface area contributed by atoms with Crippen molar-refractivity contribution in [1.29, 1.82) is 0 Å². The number of nitrogens with zero attached hydrogens (tertiary/aromatic N) is 1. The van der Waals surface area contributed by atoms with Crippen molar-refractivity contribution in [3.8, 4) is 5.75 Å². The van der Waals surface area contributed by atoms with Crippen LogP contribution < -0.4 is 4.90 Å². The summed E-state index contributed by atoms with van der Waals surface area (Å²) < 4.78 is 0. The predicted octanol–water partition coefficient (Wildman–Crippen LogP) is 4.09. The molecule has 5 nitrogen and oxygen atoms in total. The molecule has 1 saturated carbocycles. The molecule has 0 aliphatic heterocycles. The molecule has 1 fully saturated rings. The smallest absolute Gasteiger partial charge is 0.336 e. The van der Waals surface area contributed by atoms with E-state index in [0.717, 1.165) is 18.5 Å². The molecule has 0 aromatic heterocycles. The Morgan fingerprint density at radius 2 is 1.62 bits per heavy atom. The summed E-state index contributed by atoms with van der Waals surface area (Å²) >= 11 is 0. The number of carbonyl (C=O) groups is 2. The fraction of sp³-hybridized carbons (Fsp3) is 0.333. The van der Waals surface area contributed by atoms with Gasteiger partial charge in [0.05, 0.1) is 11.1 Å². The predicted molar refractivity (Wildman–Crippen MR) is 100 cm³/mol. The Morgan fingerprint density at radius 3 is 2.23 bits per heavy atom. The Bertz CT molecular complexity index is 825. The molecule has 0 amide bonds. The number of aromatic hydroxyl groups is 1. The second kappa shape index (κ2) is 7.60. The van der Waals surface area contributed by atoms with Crippen molar-refractivity contribution < 1.29 is 19.8 Å². The van der Waals surface area contributed by atoms with Crippen molar-refractivity contribution in [2.75, 3.05) is 11.9 Å². The summed E-state index contributed by atoms with van der Waals surface area (Å²) in [4.78, 5) is 26.2. The minimum absolute atomic E-state index is 0.0692. The van der Waals surface area contributed by atoms with E-state index in [0.29, 0.717) is 6.04 Å². The Balaban J connectivity index is 1.88. The van der Waals surface area contributed by atoms with Gasteiger partial charge < -0.3 is 15.1 Å². The van der Waals surface area contributed by atoms with Gasteiger partial charge in [-0.2, -0.15) is 0 Å². The van der Waals surface area contributed by atoms with Crippen molar-refractivity contribution in [3.05, 3.63) is 59.2 Å². The molecule has 1 aliphatic carbocycles. The van der Waals surface area contributed by atoms with Gasteiger partial charge in [-0.3, -0.25) is 4.79 Å². The molecule has 0 spiro atoms. The first-order chi connectivity index (χ1) is 12.5. The molecule has 136 valence electrons. The zero-order valence-corrected chi connectivity index (χ0v) is 14.8.